The largest absolute Gasteiger partial charge is 0.497 e. The topological polar surface area (TPSA) is 76.5 Å². The van der Waals surface area contributed by atoms with Crippen LogP contribution in [0.5, 0.6) is 5.75 Å². The van der Waals surface area contributed by atoms with Crippen molar-refractivity contribution >= 4 is 28.4 Å². The third-order valence-corrected chi connectivity index (χ3v) is 5.84. The van der Waals surface area contributed by atoms with Crippen molar-refractivity contribution in [2.75, 3.05) is 30.4 Å². The molecular weight excluding hydrogens is 416 g/mol. The lowest BCUT2D eigenvalue weighted by Gasteiger charge is -2.22. The Hall–Kier alpha value is -4.13. The first kappa shape index (κ1) is 20.8. The van der Waals surface area contributed by atoms with Gasteiger partial charge in [-0.2, -0.15) is 0 Å². The predicted molar refractivity (Wildman–Crippen MR) is 130 cm³/mol. The fourth-order valence-electron chi connectivity index (χ4n) is 4.16. The number of ether oxygens (including phenoxy) is 1. The van der Waals surface area contributed by atoms with Gasteiger partial charge in [-0.25, -0.2) is 9.55 Å². The molecule has 0 spiro atoms. The molecule has 0 saturated carbocycles. The van der Waals surface area contributed by atoms with Gasteiger partial charge in [0.15, 0.2) is 0 Å². The second kappa shape index (κ2) is 8.78. The maximum absolute atomic E-state index is 13.5. The summed E-state index contributed by atoms with van der Waals surface area (Å²) in [6, 6.07) is 21.7. The van der Waals surface area contributed by atoms with Crippen LogP contribution in [0.15, 0.2) is 77.6 Å². The Morgan fingerprint density at radius 3 is 2.52 bits per heavy atom. The van der Waals surface area contributed by atoms with E-state index in [2.05, 4.69) is 10.2 Å². The summed E-state index contributed by atoms with van der Waals surface area (Å²) in [5.41, 5.74) is 2.20. The molecule has 5 rings (SSSR count). The molecule has 0 bridgehead atoms. The normalized spacial score (nSPS) is 13.3. The number of carbonyl (C=O) groups is 1. The zero-order chi connectivity index (χ0) is 22.8. The molecule has 0 unspecified atom stereocenters. The minimum Gasteiger partial charge on any atom is -0.497 e. The van der Waals surface area contributed by atoms with Gasteiger partial charge in [0.25, 0.3) is 11.5 Å². The van der Waals surface area contributed by atoms with Gasteiger partial charge in [0.05, 0.1) is 23.7 Å². The fourth-order valence-corrected chi connectivity index (χ4v) is 4.16. The average molecular weight is 441 g/mol. The van der Waals surface area contributed by atoms with Gasteiger partial charge in [-0.15, -0.1) is 0 Å². The molecule has 2 heterocycles. The zero-order valence-corrected chi connectivity index (χ0v) is 18.3. The van der Waals surface area contributed by atoms with E-state index in [9.17, 15) is 9.59 Å². The van der Waals surface area contributed by atoms with Crippen LogP contribution >= 0.6 is 0 Å². The fraction of sp³-hybridized carbons (Fsp3) is 0.192. The van der Waals surface area contributed by atoms with Crippen molar-refractivity contribution < 1.29 is 9.53 Å². The summed E-state index contributed by atoms with van der Waals surface area (Å²) in [6.07, 6.45) is 2.12. The standard InChI is InChI=1S/C26H24N4O3/c1-33-21-11-7-8-19(17-21)27-24(31)18-12-13-22-23(16-18)28-26(29-14-5-6-15-29)30(25(22)32)20-9-3-2-4-10-20/h2-4,7-13,16-17H,5-6,14-15H2,1H3,(H,27,31). The summed E-state index contributed by atoms with van der Waals surface area (Å²) < 4.78 is 6.89. The van der Waals surface area contributed by atoms with Gasteiger partial charge in [0, 0.05) is 30.4 Å². The van der Waals surface area contributed by atoms with Crippen LogP contribution in [0.3, 0.4) is 0 Å². The quantitative estimate of drug-likeness (QED) is 0.502. The van der Waals surface area contributed by atoms with Crippen molar-refractivity contribution in [3.8, 4) is 11.4 Å². The number of hydrogen-bond donors (Lipinski definition) is 1. The first-order valence-electron chi connectivity index (χ1n) is 11.0. The molecule has 1 saturated heterocycles. The molecule has 7 nitrogen and oxygen atoms in total. The second-order valence-corrected chi connectivity index (χ2v) is 8.00. The highest BCUT2D eigenvalue weighted by Crippen LogP contribution is 2.24. The van der Waals surface area contributed by atoms with E-state index in [0.717, 1.165) is 31.6 Å². The zero-order valence-electron chi connectivity index (χ0n) is 18.3. The number of fused-ring (bicyclic) bond motifs is 1. The molecule has 1 amide bonds. The highest BCUT2D eigenvalue weighted by Gasteiger charge is 2.21. The van der Waals surface area contributed by atoms with Crippen LogP contribution in [0.1, 0.15) is 23.2 Å². The molecule has 33 heavy (non-hydrogen) atoms. The molecule has 0 radical (unpaired) electrons. The Morgan fingerprint density at radius 1 is 0.970 bits per heavy atom. The van der Waals surface area contributed by atoms with E-state index in [1.807, 2.05) is 42.5 Å². The minimum absolute atomic E-state index is 0.146. The molecule has 7 heteroatoms. The number of carbonyl (C=O) groups excluding carboxylic acids is 1. The number of anilines is 2. The Balaban J connectivity index is 1.58. The van der Waals surface area contributed by atoms with Gasteiger partial charge >= 0.3 is 0 Å². The van der Waals surface area contributed by atoms with Crippen LogP contribution in [0.4, 0.5) is 11.6 Å². The third kappa shape index (κ3) is 4.05. The molecule has 4 aromatic rings. The maximum atomic E-state index is 13.5. The lowest BCUT2D eigenvalue weighted by Crippen LogP contribution is -2.30. The van der Waals surface area contributed by atoms with Crippen molar-refractivity contribution in [1.82, 2.24) is 9.55 Å². The van der Waals surface area contributed by atoms with E-state index in [1.54, 1.807) is 42.0 Å². The molecule has 1 fully saturated rings. The van der Waals surface area contributed by atoms with Gasteiger partial charge in [-0.1, -0.05) is 24.3 Å². The summed E-state index contributed by atoms with van der Waals surface area (Å²) >= 11 is 0. The van der Waals surface area contributed by atoms with Crippen LogP contribution in [0.2, 0.25) is 0 Å². The van der Waals surface area contributed by atoms with Crippen molar-refractivity contribution in [3.63, 3.8) is 0 Å². The first-order valence-corrected chi connectivity index (χ1v) is 11.0. The van der Waals surface area contributed by atoms with Gasteiger partial charge in [0.1, 0.15) is 5.75 Å². The summed E-state index contributed by atoms with van der Waals surface area (Å²) in [4.78, 5) is 33.4. The highest BCUT2D eigenvalue weighted by molar-refractivity contribution is 6.06. The SMILES string of the molecule is COc1cccc(NC(=O)c2ccc3c(=O)n(-c4ccccc4)c(N4CCCC4)nc3c2)c1. The second-order valence-electron chi connectivity index (χ2n) is 8.00. The molecule has 1 aromatic heterocycles. The smallest absolute Gasteiger partial charge is 0.267 e. The van der Waals surface area contributed by atoms with Crippen LogP contribution in [0.25, 0.3) is 16.6 Å². The van der Waals surface area contributed by atoms with Crippen molar-refractivity contribution in [2.24, 2.45) is 0 Å². The predicted octanol–water partition coefficient (Wildman–Crippen LogP) is 4.25. The molecule has 0 atom stereocenters. The van der Waals surface area contributed by atoms with E-state index in [4.69, 9.17) is 9.72 Å². The number of hydrogen-bond acceptors (Lipinski definition) is 5. The molecule has 166 valence electrons. The van der Waals surface area contributed by atoms with E-state index in [-0.39, 0.29) is 11.5 Å². The Labute approximate surface area is 191 Å². The van der Waals surface area contributed by atoms with Crippen LogP contribution in [-0.4, -0.2) is 35.7 Å². The third-order valence-electron chi connectivity index (χ3n) is 5.84. The van der Waals surface area contributed by atoms with Crippen LogP contribution < -0.4 is 20.5 Å². The van der Waals surface area contributed by atoms with E-state index in [0.29, 0.717) is 33.9 Å². The van der Waals surface area contributed by atoms with Gasteiger partial charge in [0.2, 0.25) is 5.95 Å². The first-order chi connectivity index (χ1) is 16.1. The molecule has 0 aliphatic carbocycles. The van der Waals surface area contributed by atoms with Gasteiger partial charge in [-0.05, 0) is 55.3 Å². The number of nitrogens with zero attached hydrogens (tertiary/aromatic N) is 3. The number of para-hydroxylation sites is 1. The minimum atomic E-state index is -0.276. The molecule has 1 N–H and O–H groups in total. The van der Waals surface area contributed by atoms with E-state index < -0.39 is 0 Å². The number of aromatic nitrogens is 2. The van der Waals surface area contributed by atoms with Crippen molar-refractivity contribution in [1.29, 1.82) is 0 Å². The number of nitrogens with one attached hydrogen (secondary N) is 1. The van der Waals surface area contributed by atoms with E-state index in [1.165, 1.54) is 0 Å². The lowest BCUT2D eigenvalue weighted by atomic mass is 10.1. The van der Waals surface area contributed by atoms with Crippen molar-refractivity contribution in [3.05, 3.63) is 88.7 Å². The van der Waals surface area contributed by atoms with Gasteiger partial charge in [-0.3, -0.25) is 9.59 Å². The number of methoxy groups -OCH3 is 1. The monoisotopic (exact) mass is 440 g/mol. The maximum Gasteiger partial charge on any atom is 0.267 e. The van der Waals surface area contributed by atoms with Crippen LogP contribution in [-0.2, 0) is 0 Å². The number of benzene rings is 3. The lowest BCUT2D eigenvalue weighted by molar-refractivity contribution is 0.102. The Kier molecular flexibility index (Phi) is 5.52. The molecular formula is C26H24N4O3. The average Bonchev–Trinajstić information content (AvgIpc) is 3.39. The Bertz CT molecular complexity index is 1380. The Morgan fingerprint density at radius 2 is 1.76 bits per heavy atom. The molecule has 3 aromatic carbocycles. The van der Waals surface area contributed by atoms with Crippen molar-refractivity contribution in [2.45, 2.75) is 12.8 Å². The summed E-state index contributed by atoms with van der Waals surface area (Å²) in [5.74, 6) is 0.994. The summed E-state index contributed by atoms with van der Waals surface area (Å²) in [7, 11) is 1.58. The number of amides is 1. The molecule has 1 aliphatic heterocycles. The summed E-state index contributed by atoms with van der Waals surface area (Å²) in [5, 5.41) is 3.35. The highest BCUT2D eigenvalue weighted by atomic mass is 16.5. The number of rotatable bonds is 5. The summed E-state index contributed by atoms with van der Waals surface area (Å²) in [6.45, 7) is 1.70. The van der Waals surface area contributed by atoms with Gasteiger partial charge < -0.3 is 15.0 Å². The van der Waals surface area contributed by atoms with Crippen LogP contribution in [0, 0.1) is 0 Å². The molecule has 1 aliphatic rings. The van der Waals surface area contributed by atoms with E-state index >= 15 is 0 Å².